The van der Waals surface area contributed by atoms with Crippen LogP contribution in [0, 0.1) is 5.92 Å². The van der Waals surface area contributed by atoms with Crippen LogP contribution in [0.2, 0.25) is 0 Å². The van der Waals surface area contributed by atoms with Crippen LogP contribution in [0.4, 0.5) is 0 Å². The lowest BCUT2D eigenvalue weighted by Crippen LogP contribution is -2.27. The van der Waals surface area contributed by atoms with Crippen molar-refractivity contribution in [1.29, 1.82) is 0 Å². The van der Waals surface area contributed by atoms with E-state index in [1.165, 1.54) is 5.56 Å². The third-order valence-electron chi connectivity index (χ3n) is 3.32. The van der Waals surface area contributed by atoms with Gasteiger partial charge in [0.25, 0.3) is 0 Å². The minimum absolute atomic E-state index is 0.180. The summed E-state index contributed by atoms with van der Waals surface area (Å²) >= 11 is 0. The highest BCUT2D eigenvalue weighted by Crippen LogP contribution is 2.47. The molecule has 1 aromatic carbocycles. The molecular weight excluding hydrogens is 226 g/mol. The summed E-state index contributed by atoms with van der Waals surface area (Å²) in [4.78, 5) is 11.9. The Morgan fingerprint density at radius 1 is 1.39 bits per heavy atom. The third kappa shape index (κ3) is 3.57. The van der Waals surface area contributed by atoms with E-state index in [0.29, 0.717) is 5.92 Å². The van der Waals surface area contributed by atoms with Gasteiger partial charge in [0.15, 0.2) is 0 Å². The van der Waals surface area contributed by atoms with Gasteiger partial charge in [-0.15, -0.1) is 0 Å². The molecule has 1 aliphatic carbocycles. The molecule has 1 amide bonds. The number of carbonyl (C=O) groups excluding carboxylic acids is 1. The first-order valence-electron chi connectivity index (χ1n) is 6.73. The molecule has 0 heterocycles. The number of rotatable bonds is 7. The molecule has 18 heavy (non-hydrogen) atoms. The summed E-state index contributed by atoms with van der Waals surface area (Å²) in [6.45, 7) is 4.17. The van der Waals surface area contributed by atoms with E-state index in [0.717, 1.165) is 32.6 Å². The third-order valence-corrected chi connectivity index (χ3v) is 3.32. The van der Waals surface area contributed by atoms with Crippen molar-refractivity contribution in [1.82, 2.24) is 5.32 Å². The number of nitrogens with one attached hydrogen (secondary N) is 1. The molecule has 1 fully saturated rings. The SMILES string of the molecule is CCOCCCNC(=O)C1CC1c1ccccc1. The molecule has 2 atom stereocenters. The first-order valence-corrected chi connectivity index (χ1v) is 6.73. The Balaban J connectivity index is 1.67. The number of ether oxygens (including phenoxy) is 1. The largest absolute Gasteiger partial charge is 0.382 e. The lowest BCUT2D eigenvalue weighted by Gasteiger charge is -2.05. The molecule has 0 radical (unpaired) electrons. The Hall–Kier alpha value is -1.35. The summed E-state index contributed by atoms with van der Waals surface area (Å²) in [6.07, 6.45) is 1.88. The normalized spacial score (nSPS) is 21.6. The van der Waals surface area contributed by atoms with E-state index in [9.17, 15) is 4.79 Å². The van der Waals surface area contributed by atoms with Crippen molar-refractivity contribution in [2.75, 3.05) is 19.8 Å². The maximum atomic E-state index is 11.9. The Labute approximate surface area is 109 Å². The van der Waals surface area contributed by atoms with Gasteiger partial charge in [0.1, 0.15) is 0 Å². The highest BCUT2D eigenvalue weighted by atomic mass is 16.5. The maximum Gasteiger partial charge on any atom is 0.223 e. The van der Waals surface area contributed by atoms with Crippen molar-refractivity contribution < 1.29 is 9.53 Å². The van der Waals surface area contributed by atoms with Gasteiger partial charge >= 0.3 is 0 Å². The van der Waals surface area contributed by atoms with E-state index < -0.39 is 0 Å². The number of amides is 1. The van der Waals surface area contributed by atoms with Crippen LogP contribution in [0.1, 0.15) is 31.2 Å². The zero-order valence-electron chi connectivity index (χ0n) is 10.9. The fraction of sp³-hybridized carbons (Fsp3) is 0.533. The second-order valence-electron chi connectivity index (χ2n) is 4.70. The average molecular weight is 247 g/mol. The molecule has 1 N–H and O–H groups in total. The van der Waals surface area contributed by atoms with Crippen LogP contribution in [-0.2, 0) is 9.53 Å². The number of hydrogen-bond donors (Lipinski definition) is 1. The lowest BCUT2D eigenvalue weighted by atomic mass is 10.1. The van der Waals surface area contributed by atoms with Gasteiger partial charge in [0, 0.05) is 25.7 Å². The van der Waals surface area contributed by atoms with Crippen molar-refractivity contribution in [3.8, 4) is 0 Å². The second-order valence-corrected chi connectivity index (χ2v) is 4.70. The highest BCUT2D eigenvalue weighted by molar-refractivity contribution is 5.82. The van der Waals surface area contributed by atoms with Gasteiger partial charge in [-0.2, -0.15) is 0 Å². The van der Waals surface area contributed by atoms with Gasteiger partial charge in [0.05, 0.1) is 0 Å². The van der Waals surface area contributed by atoms with Crippen molar-refractivity contribution in [3.63, 3.8) is 0 Å². The summed E-state index contributed by atoms with van der Waals surface area (Å²) < 4.78 is 5.23. The molecule has 1 aliphatic rings. The van der Waals surface area contributed by atoms with Crippen LogP contribution in [0.15, 0.2) is 30.3 Å². The van der Waals surface area contributed by atoms with Crippen molar-refractivity contribution in [3.05, 3.63) is 35.9 Å². The second kappa shape index (κ2) is 6.55. The summed E-state index contributed by atoms with van der Waals surface area (Å²) in [6, 6.07) is 10.3. The van der Waals surface area contributed by atoms with Gasteiger partial charge in [-0.25, -0.2) is 0 Å². The highest BCUT2D eigenvalue weighted by Gasteiger charge is 2.43. The molecule has 2 rings (SSSR count). The molecule has 3 heteroatoms. The van der Waals surface area contributed by atoms with Crippen molar-refractivity contribution in [2.45, 2.75) is 25.7 Å². The zero-order chi connectivity index (χ0) is 12.8. The van der Waals surface area contributed by atoms with Crippen LogP contribution in [-0.4, -0.2) is 25.7 Å². The van der Waals surface area contributed by atoms with E-state index in [-0.39, 0.29) is 11.8 Å². The molecular formula is C15H21NO2. The minimum Gasteiger partial charge on any atom is -0.382 e. The van der Waals surface area contributed by atoms with Crippen LogP contribution >= 0.6 is 0 Å². The quantitative estimate of drug-likeness (QED) is 0.751. The molecule has 3 nitrogen and oxygen atoms in total. The molecule has 1 aromatic rings. The summed E-state index contributed by atoms with van der Waals surface area (Å²) in [5.41, 5.74) is 1.28. The molecule has 0 saturated heterocycles. The first-order chi connectivity index (χ1) is 8.83. The fourth-order valence-corrected chi connectivity index (χ4v) is 2.21. The summed E-state index contributed by atoms with van der Waals surface area (Å²) in [7, 11) is 0. The first kappa shape index (κ1) is 13.1. The Kier molecular flexibility index (Phi) is 4.76. The standard InChI is InChI=1S/C15H21NO2/c1-2-18-10-6-9-16-15(17)14-11-13(14)12-7-4-3-5-8-12/h3-5,7-8,13-14H,2,6,9-11H2,1H3,(H,16,17). The van der Waals surface area contributed by atoms with Gasteiger partial charge in [-0.1, -0.05) is 30.3 Å². The van der Waals surface area contributed by atoms with Crippen LogP contribution < -0.4 is 5.32 Å². The minimum atomic E-state index is 0.180. The number of carbonyl (C=O) groups is 1. The van der Waals surface area contributed by atoms with Crippen LogP contribution in [0.25, 0.3) is 0 Å². The van der Waals surface area contributed by atoms with Gasteiger partial charge in [-0.3, -0.25) is 4.79 Å². The molecule has 0 aliphatic heterocycles. The summed E-state index contributed by atoms with van der Waals surface area (Å²) in [5, 5.41) is 2.98. The molecule has 0 bridgehead atoms. The van der Waals surface area contributed by atoms with Crippen molar-refractivity contribution in [2.24, 2.45) is 5.92 Å². The van der Waals surface area contributed by atoms with E-state index in [1.54, 1.807) is 0 Å². The Morgan fingerprint density at radius 3 is 2.89 bits per heavy atom. The number of benzene rings is 1. The van der Waals surface area contributed by atoms with Crippen LogP contribution in [0.5, 0.6) is 0 Å². The predicted octanol–water partition coefficient (Wildman–Crippen LogP) is 2.33. The monoisotopic (exact) mass is 247 g/mol. The van der Waals surface area contributed by atoms with Crippen LogP contribution in [0.3, 0.4) is 0 Å². The van der Waals surface area contributed by atoms with Crippen molar-refractivity contribution >= 4 is 5.91 Å². The van der Waals surface area contributed by atoms with Gasteiger partial charge in [-0.05, 0) is 31.2 Å². The van der Waals surface area contributed by atoms with E-state index in [1.807, 2.05) is 25.1 Å². The molecule has 0 aromatic heterocycles. The van der Waals surface area contributed by atoms with E-state index in [4.69, 9.17) is 4.74 Å². The van der Waals surface area contributed by atoms with Gasteiger partial charge < -0.3 is 10.1 Å². The van der Waals surface area contributed by atoms with Gasteiger partial charge in [0.2, 0.25) is 5.91 Å². The maximum absolute atomic E-state index is 11.9. The fourth-order valence-electron chi connectivity index (χ4n) is 2.21. The Bertz CT molecular complexity index is 377. The zero-order valence-corrected chi connectivity index (χ0v) is 10.9. The predicted molar refractivity (Wildman–Crippen MR) is 71.4 cm³/mol. The molecule has 0 spiro atoms. The molecule has 1 saturated carbocycles. The molecule has 98 valence electrons. The lowest BCUT2D eigenvalue weighted by molar-refractivity contribution is -0.122. The molecule has 2 unspecified atom stereocenters. The van der Waals surface area contributed by atoms with E-state index >= 15 is 0 Å². The Morgan fingerprint density at radius 2 is 2.17 bits per heavy atom. The average Bonchev–Trinajstić information content (AvgIpc) is 3.20. The summed E-state index contributed by atoms with van der Waals surface area (Å²) in [5.74, 6) is 0.804. The number of hydrogen-bond acceptors (Lipinski definition) is 2. The van der Waals surface area contributed by atoms with E-state index in [2.05, 4.69) is 17.4 Å². The smallest absolute Gasteiger partial charge is 0.223 e. The topological polar surface area (TPSA) is 38.3 Å².